The molecule has 0 unspecified atom stereocenters. The molecule has 0 heterocycles. The topological polar surface area (TPSA) is 6.48 Å². The first-order valence-electron chi connectivity index (χ1n) is 24.4. The number of hydrogen-bond acceptors (Lipinski definition) is 2. The molecule has 12 rings (SSSR count). The van der Waals surface area contributed by atoms with E-state index in [1.165, 1.54) is 111 Å². The normalized spacial score (nSPS) is 12.8. The molecule has 0 atom stereocenters. The molecule has 2 nitrogen and oxygen atoms in total. The Morgan fingerprint density at radius 3 is 1.09 bits per heavy atom. The molecule has 0 fully saturated rings. The van der Waals surface area contributed by atoms with Crippen molar-refractivity contribution in [3.8, 4) is 33.4 Å². The molecule has 69 heavy (non-hydrogen) atoms. The van der Waals surface area contributed by atoms with Crippen molar-refractivity contribution >= 4 is 44.9 Å². The number of rotatable bonds is 6. The summed E-state index contributed by atoms with van der Waals surface area (Å²) in [7, 11) is 0. The van der Waals surface area contributed by atoms with Crippen molar-refractivity contribution in [2.75, 3.05) is 9.80 Å². The first kappa shape index (κ1) is 42.4. The van der Waals surface area contributed by atoms with Gasteiger partial charge in [-0.25, -0.2) is 0 Å². The summed E-state index contributed by atoms with van der Waals surface area (Å²) in [4.78, 5) is 4.95. The Kier molecular flexibility index (Phi) is 9.90. The smallest absolute Gasteiger partial charge is 0.0727 e. The molecule has 1 spiro atoms. The predicted molar refractivity (Wildman–Crippen MR) is 293 cm³/mol. The van der Waals surface area contributed by atoms with E-state index in [1.54, 1.807) is 0 Å². The predicted octanol–water partition coefficient (Wildman–Crippen LogP) is 18.3. The lowest BCUT2D eigenvalue weighted by Crippen LogP contribution is -2.30. The summed E-state index contributed by atoms with van der Waals surface area (Å²) >= 11 is 0. The van der Waals surface area contributed by atoms with Gasteiger partial charge in [-0.3, -0.25) is 0 Å². The molecular formula is C67H56N2. The summed E-state index contributed by atoms with van der Waals surface area (Å²) in [5, 5.41) is 2.52. The average Bonchev–Trinajstić information content (AvgIpc) is 3.62. The van der Waals surface area contributed by atoms with Gasteiger partial charge in [-0.2, -0.15) is 0 Å². The fourth-order valence-corrected chi connectivity index (χ4v) is 11.5. The first-order valence-corrected chi connectivity index (χ1v) is 24.4. The summed E-state index contributed by atoms with van der Waals surface area (Å²) in [5.41, 5.74) is 29.0. The molecule has 2 aliphatic rings. The Morgan fingerprint density at radius 1 is 0.261 bits per heavy atom. The lowest BCUT2D eigenvalue weighted by molar-refractivity contribution is 0.776. The first-order chi connectivity index (χ1) is 33.5. The molecule has 334 valence electrons. The van der Waals surface area contributed by atoms with Gasteiger partial charge in [0.25, 0.3) is 0 Å². The lowest BCUT2D eigenvalue weighted by atomic mass is 9.65. The molecule has 0 amide bonds. The van der Waals surface area contributed by atoms with Gasteiger partial charge < -0.3 is 9.80 Å². The van der Waals surface area contributed by atoms with Gasteiger partial charge in [0.15, 0.2) is 0 Å². The van der Waals surface area contributed by atoms with Crippen molar-refractivity contribution in [2.45, 2.75) is 60.8 Å². The Bertz CT molecular complexity index is 3460. The molecule has 0 radical (unpaired) electrons. The highest BCUT2D eigenvalue weighted by Crippen LogP contribution is 2.63. The van der Waals surface area contributed by atoms with Gasteiger partial charge in [0.1, 0.15) is 0 Å². The van der Waals surface area contributed by atoms with Crippen LogP contribution in [-0.4, -0.2) is 0 Å². The largest absolute Gasteiger partial charge is 0.310 e. The number of benzene rings is 10. The van der Waals surface area contributed by atoms with Crippen LogP contribution in [0.25, 0.3) is 44.2 Å². The highest BCUT2D eigenvalue weighted by atomic mass is 15.1. The maximum Gasteiger partial charge on any atom is 0.0727 e. The van der Waals surface area contributed by atoms with Gasteiger partial charge in [0.05, 0.1) is 5.41 Å². The molecule has 0 saturated heterocycles. The molecule has 0 aliphatic heterocycles. The summed E-state index contributed by atoms with van der Waals surface area (Å²) in [6.45, 7) is 17.7. The second kappa shape index (κ2) is 16.1. The molecule has 2 aliphatic carbocycles. The second-order valence-electron chi connectivity index (χ2n) is 19.8. The quantitative estimate of drug-likeness (QED) is 0.164. The number of aryl methyl sites for hydroxylation is 8. The van der Waals surface area contributed by atoms with Crippen LogP contribution in [0.3, 0.4) is 0 Å². The van der Waals surface area contributed by atoms with Crippen LogP contribution in [0.1, 0.15) is 66.8 Å². The minimum Gasteiger partial charge on any atom is -0.310 e. The molecule has 0 aromatic heterocycles. The summed E-state index contributed by atoms with van der Waals surface area (Å²) in [6, 6.07) is 74.4. The summed E-state index contributed by atoms with van der Waals surface area (Å²) in [6.07, 6.45) is 0. The van der Waals surface area contributed by atoms with E-state index in [0.717, 1.165) is 34.1 Å². The summed E-state index contributed by atoms with van der Waals surface area (Å²) < 4.78 is 0. The zero-order valence-electron chi connectivity index (χ0n) is 40.9. The third-order valence-electron chi connectivity index (χ3n) is 15.8. The van der Waals surface area contributed by atoms with Crippen LogP contribution in [-0.2, 0) is 5.41 Å². The molecule has 10 aromatic rings. The molecule has 0 N–H and O–H groups in total. The van der Waals surface area contributed by atoms with Gasteiger partial charge in [-0.1, -0.05) is 121 Å². The highest BCUT2D eigenvalue weighted by molar-refractivity contribution is 6.07. The number of hydrogen-bond donors (Lipinski definition) is 0. The van der Waals surface area contributed by atoms with E-state index in [0.29, 0.717) is 0 Å². The van der Waals surface area contributed by atoms with Crippen molar-refractivity contribution in [2.24, 2.45) is 0 Å². The second-order valence-corrected chi connectivity index (χ2v) is 19.8. The van der Waals surface area contributed by atoms with E-state index in [2.05, 4.69) is 259 Å². The number of fused-ring (bicyclic) bond motifs is 14. The number of anilines is 6. The Hall–Kier alpha value is -7.94. The Morgan fingerprint density at radius 2 is 0.638 bits per heavy atom. The molecule has 0 bridgehead atoms. The van der Waals surface area contributed by atoms with E-state index >= 15 is 0 Å². The van der Waals surface area contributed by atoms with Crippen LogP contribution in [0.15, 0.2) is 194 Å². The average molecular weight is 889 g/mol. The molecular weight excluding hydrogens is 833 g/mol. The van der Waals surface area contributed by atoms with E-state index < -0.39 is 5.41 Å². The van der Waals surface area contributed by atoms with Crippen LogP contribution in [0.4, 0.5) is 34.1 Å². The van der Waals surface area contributed by atoms with Crippen LogP contribution < -0.4 is 9.80 Å². The minimum atomic E-state index is -0.734. The summed E-state index contributed by atoms with van der Waals surface area (Å²) in [5.74, 6) is 0. The van der Waals surface area contributed by atoms with E-state index in [9.17, 15) is 0 Å². The minimum absolute atomic E-state index is 0.734. The zero-order valence-corrected chi connectivity index (χ0v) is 40.9. The van der Waals surface area contributed by atoms with Crippen LogP contribution in [0.2, 0.25) is 0 Å². The fourth-order valence-electron chi connectivity index (χ4n) is 11.5. The maximum absolute atomic E-state index is 2.55. The van der Waals surface area contributed by atoms with E-state index in [1.807, 2.05) is 0 Å². The van der Waals surface area contributed by atoms with Crippen LogP contribution in [0, 0.1) is 55.4 Å². The Balaban J connectivity index is 1.24. The molecule has 0 saturated carbocycles. The van der Waals surface area contributed by atoms with Gasteiger partial charge >= 0.3 is 0 Å². The third-order valence-corrected chi connectivity index (χ3v) is 15.8. The monoisotopic (exact) mass is 888 g/mol. The van der Waals surface area contributed by atoms with Gasteiger partial charge in [0.2, 0.25) is 0 Å². The van der Waals surface area contributed by atoms with Crippen LogP contribution in [0.5, 0.6) is 0 Å². The Labute approximate surface area is 407 Å². The highest BCUT2D eigenvalue weighted by Gasteiger charge is 2.51. The van der Waals surface area contributed by atoms with E-state index in [-0.39, 0.29) is 0 Å². The maximum atomic E-state index is 2.55. The van der Waals surface area contributed by atoms with Gasteiger partial charge in [-0.15, -0.1) is 0 Å². The van der Waals surface area contributed by atoms with Crippen molar-refractivity contribution < 1.29 is 0 Å². The molecule has 2 heteroatoms. The van der Waals surface area contributed by atoms with Crippen LogP contribution >= 0.6 is 0 Å². The fraction of sp³-hybridized carbons (Fsp3) is 0.134. The van der Waals surface area contributed by atoms with Crippen molar-refractivity contribution in [1.82, 2.24) is 0 Å². The third kappa shape index (κ3) is 6.53. The zero-order chi connectivity index (χ0) is 47.3. The van der Waals surface area contributed by atoms with E-state index in [4.69, 9.17) is 0 Å². The van der Waals surface area contributed by atoms with Gasteiger partial charge in [0, 0.05) is 34.1 Å². The molecule has 10 aromatic carbocycles. The lowest BCUT2D eigenvalue weighted by Gasteiger charge is -2.37. The van der Waals surface area contributed by atoms with Crippen molar-refractivity contribution in [1.29, 1.82) is 0 Å². The van der Waals surface area contributed by atoms with Crippen molar-refractivity contribution in [3.63, 3.8) is 0 Å². The standard InChI is InChI=1S/C67H56N2/c1-41-21-26-50(35-45(41)5)68(51-27-22-42(2)46(6)36-51)54-30-32-59-57-17-11-12-18-58(57)60-33-31-55(69(52-28-23-43(3)47(7)37-52)53-29-24-44(4)48(8)38-53)40-65(60)67(64(59)39-54)62-20-14-13-19-61(62)66-56-16-10-9-15-49(56)25-34-63(66)67/h9-40H,1-8H3. The SMILES string of the molecule is Cc1ccc(N(c2ccc(C)c(C)c2)c2ccc3c(c2)C2(c4cc(N(c5ccc(C)c(C)c5)c5ccc(C)c(C)c5)ccc4-c4ccccc4-3)c3ccccc3-c3c2ccc2ccccc32)cc1C. The van der Waals surface area contributed by atoms with Gasteiger partial charge in [-0.05, 0) is 239 Å². The van der Waals surface area contributed by atoms with Crippen molar-refractivity contribution in [3.05, 3.63) is 261 Å². The number of nitrogens with zero attached hydrogens (tertiary/aromatic N) is 2.